The Hall–Kier alpha value is -2.18. The second kappa shape index (κ2) is 8.23. The average Bonchev–Trinajstić information content (AvgIpc) is 2.69. The number of aryl methyl sites for hydroxylation is 1. The minimum atomic E-state index is 1.02. The molecule has 3 heterocycles. The quantitative estimate of drug-likeness (QED) is 0.822. The fourth-order valence-corrected chi connectivity index (χ4v) is 3.92. The Bertz CT molecular complexity index is 748. The highest BCUT2D eigenvalue weighted by atomic mass is 15.3. The van der Waals surface area contributed by atoms with E-state index in [4.69, 9.17) is 0 Å². The van der Waals surface area contributed by atoms with Gasteiger partial charge in [0.2, 0.25) is 0 Å². The molecule has 2 aliphatic heterocycles. The lowest BCUT2D eigenvalue weighted by Gasteiger charge is -2.36. The monoisotopic (exact) mass is 366 g/mol. The first kappa shape index (κ1) is 18.2. The van der Waals surface area contributed by atoms with Crippen molar-refractivity contribution in [3.63, 3.8) is 0 Å². The molecule has 4 rings (SSSR count). The zero-order valence-corrected chi connectivity index (χ0v) is 16.5. The van der Waals surface area contributed by atoms with Gasteiger partial charge in [-0.05, 0) is 19.5 Å². The summed E-state index contributed by atoms with van der Waals surface area (Å²) in [6.45, 7) is 11.6. The van der Waals surface area contributed by atoms with E-state index in [1.807, 2.05) is 0 Å². The molecule has 27 heavy (non-hydrogen) atoms. The second-order valence-corrected chi connectivity index (χ2v) is 7.78. The number of anilines is 2. The molecule has 0 bridgehead atoms. The summed E-state index contributed by atoms with van der Waals surface area (Å²) in [5.74, 6) is 2.13. The third-order valence-corrected chi connectivity index (χ3v) is 5.65. The van der Waals surface area contributed by atoms with Crippen LogP contribution in [-0.4, -0.2) is 79.2 Å². The lowest BCUT2D eigenvalue weighted by Crippen LogP contribution is -2.46. The highest BCUT2D eigenvalue weighted by Crippen LogP contribution is 2.20. The number of aromatic nitrogens is 2. The van der Waals surface area contributed by atoms with Crippen LogP contribution in [0.3, 0.4) is 0 Å². The molecule has 2 aliphatic rings. The van der Waals surface area contributed by atoms with Gasteiger partial charge in [-0.25, -0.2) is 9.97 Å². The van der Waals surface area contributed by atoms with Crippen molar-refractivity contribution in [1.82, 2.24) is 19.8 Å². The number of benzene rings is 1. The van der Waals surface area contributed by atoms with Gasteiger partial charge in [-0.15, -0.1) is 0 Å². The first-order valence-corrected chi connectivity index (χ1v) is 9.96. The first-order chi connectivity index (χ1) is 13.2. The molecule has 144 valence electrons. The Kier molecular flexibility index (Phi) is 5.55. The standard InChI is InChI=1S/C21H30N6/c1-18-4-3-5-19(14-18)16-25-8-12-27(13-9-25)21-15-20(22-17-23-21)26-10-6-24(2)7-11-26/h3-5,14-15,17H,6-13,16H2,1-2H3. The van der Waals surface area contributed by atoms with E-state index in [0.29, 0.717) is 0 Å². The van der Waals surface area contributed by atoms with E-state index in [-0.39, 0.29) is 0 Å². The van der Waals surface area contributed by atoms with Crippen molar-refractivity contribution < 1.29 is 0 Å². The van der Waals surface area contributed by atoms with Gasteiger partial charge in [-0.1, -0.05) is 29.8 Å². The largest absolute Gasteiger partial charge is 0.354 e. The van der Waals surface area contributed by atoms with Crippen molar-refractivity contribution >= 4 is 11.6 Å². The molecule has 0 amide bonds. The fourth-order valence-electron chi connectivity index (χ4n) is 3.92. The van der Waals surface area contributed by atoms with Crippen LogP contribution < -0.4 is 9.80 Å². The predicted molar refractivity (Wildman–Crippen MR) is 110 cm³/mol. The molecule has 0 radical (unpaired) electrons. The van der Waals surface area contributed by atoms with Crippen LogP contribution in [0.25, 0.3) is 0 Å². The van der Waals surface area contributed by atoms with E-state index in [2.05, 4.69) is 73.9 Å². The molecule has 0 unspecified atom stereocenters. The van der Waals surface area contributed by atoms with Gasteiger partial charge in [0.05, 0.1) is 0 Å². The van der Waals surface area contributed by atoms with Crippen LogP contribution in [0, 0.1) is 6.92 Å². The summed E-state index contributed by atoms with van der Waals surface area (Å²) in [4.78, 5) is 18.7. The normalized spacial score (nSPS) is 19.5. The van der Waals surface area contributed by atoms with Crippen molar-refractivity contribution in [2.75, 3.05) is 69.2 Å². The number of nitrogens with zero attached hydrogens (tertiary/aromatic N) is 6. The Morgan fingerprint density at radius 2 is 1.44 bits per heavy atom. The van der Waals surface area contributed by atoms with Gasteiger partial charge < -0.3 is 14.7 Å². The van der Waals surface area contributed by atoms with Crippen molar-refractivity contribution in [1.29, 1.82) is 0 Å². The molecule has 1 aromatic carbocycles. The van der Waals surface area contributed by atoms with Crippen LogP contribution in [0.1, 0.15) is 11.1 Å². The number of likely N-dealkylation sites (N-methyl/N-ethyl adjacent to an activating group) is 1. The first-order valence-electron chi connectivity index (χ1n) is 9.96. The van der Waals surface area contributed by atoms with Crippen molar-refractivity contribution in [2.45, 2.75) is 13.5 Å². The van der Waals surface area contributed by atoms with Gasteiger partial charge >= 0.3 is 0 Å². The minimum Gasteiger partial charge on any atom is -0.354 e. The summed E-state index contributed by atoms with van der Waals surface area (Å²) in [6.07, 6.45) is 1.72. The summed E-state index contributed by atoms with van der Waals surface area (Å²) in [6, 6.07) is 11.0. The lowest BCUT2D eigenvalue weighted by atomic mass is 10.1. The molecule has 2 aromatic rings. The van der Waals surface area contributed by atoms with E-state index >= 15 is 0 Å². The number of hydrogen-bond acceptors (Lipinski definition) is 6. The summed E-state index contributed by atoms with van der Waals surface area (Å²) in [7, 11) is 2.18. The zero-order chi connectivity index (χ0) is 18.6. The van der Waals surface area contributed by atoms with Crippen LogP contribution >= 0.6 is 0 Å². The summed E-state index contributed by atoms with van der Waals surface area (Å²) in [5, 5.41) is 0. The molecule has 0 saturated carbocycles. The number of hydrogen-bond donors (Lipinski definition) is 0. The van der Waals surface area contributed by atoms with E-state index in [0.717, 1.165) is 70.5 Å². The number of piperazine rings is 2. The van der Waals surface area contributed by atoms with Crippen LogP contribution in [0.2, 0.25) is 0 Å². The predicted octanol–water partition coefficient (Wildman–Crippen LogP) is 1.86. The Labute approximate surface area is 162 Å². The summed E-state index contributed by atoms with van der Waals surface area (Å²) >= 11 is 0. The van der Waals surface area contributed by atoms with Gasteiger partial charge in [0.25, 0.3) is 0 Å². The smallest absolute Gasteiger partial charge is 0.134 e. The fraction of sp³-hybridized carbons (Fsp3) is 0.524. The highest BCUT2D eigenvalue weighted by Gasteiger charge is 2.20. The lowest BCUT2D eigenvalue weighted by molar-refractivity contribution is 0.249. The van der Waals surface area contributed by atoms with Crippen molar-refractivity contribution in [3.05, 3.63) is 47.8 Å². The van der Waals surface area contributed by atoms with Crippen LogP contribution in [0.4, 0.5) is 11.6 Å². The molecule has 0 spiro atoms. The molecule has 0 N–H and O–H groups in total. The third kappa shape index (κ3) is 4.57. The van der Waals surface area contributed by atoms with Crippen LogP contribution in [0.15, 0.2) is 36.7 Å². The third-order valence-electron chi connectivity index (χ3n) is 5.65. The Balaban J connectivity index is 1.35. The maximum Gasteiger partial charge on any atom is 0.134 e. The average molecular weight is 367 g/mol. The molecule has 2 fully saturated rings. The van der Waals surface area contributed by atoms with E-state index in [1.54, 1.807) is 6.33 Å². The highest BCUT2D eigenvalue weighted by molar-refractivity contribution is 5.50. The summed E-state index contributed by atoms with van der Waals surface area (Å²) in [5.41, 5.74) is 2.74. The number of rotatable bonds is 4. The van der Waals surface area contributed by atoms with E-state index < -0.39 is 0 Å². The van der Waals surface area contributed by atoms with Gasteiger partial charge in [-0.3, -0.25) is 4.90 Å². The Morgan fingerprint density at radius 3 is 2.07 bits per heavy atom. The maximum atomic E-state index is 4.55. The molecule has 2 saturated heterocycles. The van der Waals surface area contributed by atoms with E-state index in [1.165, 1.54) is 11.1 Å². The second-order valence-electron chi connectivity index (χ2n) is 7.78. The van der Waals surface area contributed by atoms with Crippen molar-refractivity contribution in [3.8, 4) is 0 Å². The minimum absolute atomic E-state index is 1.02. The van der Waals surface area contributed by atoms with E-state index in [9.17, 15) is 0 Å². The van der Waals surface area contributed by atoms with Gasteiger partial charge in [0, 0.05) is 65.0 Å². The molecule has 6 nitrogen and oxygen atoms in total. The topological polar surface area (TPSA) is 38.7 Å². The molecular weight excluding hydrogens is 336 g/mol. The molecule has 0 aliphatic carbocycles. The zero-order valence-electron chi connectivity index (χ0n) is 16.5. The SMILES string of the molecule is Cc1cccc(CN2CCN(c3cc(N4CCN(C)CC4)ncn3)CC2)c1. The maximum absolute atomic E-state index is 4.55. The molecule has 6 heteroatoms. The Morgan fingerprint density at radius 1 is 0.815 bits per heavy atom. The van der Waals surface area contributed by atoms with Gasteiger partial charge in [0.1, 0.15) is 18.0 Å². The molecular formula is C21H30N6. The molecule has 0 atom stereocenters. The van der Waals surface area contributed by atoms with Crippen LogP contribution in [0.5, 0.6) is 0 Å². The van der Waals surface area contributed by atoms with Crippen LogP contribution in [-0.2, 0) is 6.54 Å². The molecule has 1 aromatic heterocycles. The summed E-state index contributed by atoms with van der Waals surface area (Å²) < 4.78 is 0. The van der Waals surface area contributed by atoms with Gasteiger partial charge in [-0.2, -0.15) is 0 Å². The van der Waals surface area contributed by atoms with Gasteiger partial charge in [0.15, 0.2) is 0 Å². The van der Waals surface area contributed by atoms with Crippen molar-refractivity contribution in [2.24, 2.45) is 0 Å².